The first-order valence-corrected chi connectivity index (χ1v) is 10.7. The number of anilines is 1. The second kappa shape index (κ2) is 9.01. The fraction of sp³-hybridized carbons (Fsp3) is 0.200. The molecule has 1 heterocycles. The van der Waals surface area contributed by atoms with Gasteiger partial charge in [-0.25, -0.2) is 18.1 Å². The van der Waals surface area contributed by atoms with E-state index >= 15 is 0 Å². The van der Waals surface area contributed by atoms with Gasteiger partial charge in [-0.3, -0.25) is 4.79 Å². The molecule has 12 heteroatoms. The van der Waals surface area contributed by atoms with Crippen molar-refractivity contribution in [2.45, 2.75) is 17.6 Å². The van der Waals surface area contributed by atoms with E-state index in [2.05, 4.69) is 15.0 Å². The third-order valence-electron chi connectivity index (χ3n) is 4.48. The van der Waals surface area contributed by atoms with Gasteiger partial charge >= 0.3 is 6.18 Å². The minimum absolute atomic E-state index is 0.0977. The Bertz CT molecular complexity index is 1220. The molecule has 0 aliphatic carbocycles. The number of hydrogen-bond donors (Lipinski definition) is 3. The third-order valence-corrected chi connectivity index (χ3v) is 5.88. The number of nitrogens with one attached hydrogen (secondary N) is 2. The molecule has 0 saturated heterocycles. The lowest BCUT2D eigenvalue weighted by Crippen LogP contribution is -2.33. The van der Waals surface area contributed by atoms with Gasteiger partial charge in [0, 0.05) is 31.0 Å². The van der Waals surface area contributed by atoms with Gasteiger partial charge in [0.15, 0.2) is 0 Å². The lowest BCUT2D eigenvalue weighted by Gasteiger charge is -2.14. The van der Waals surface area contributed by atoms with Crippen LogP contribution in [0.15, 0.2) is 59.9 Å². The van der Waals surface area contributed by atoms with E-state index in [-0.39, 0.29) is 11.4 Å². The molecule has 0 bridgehead atoms. The number of rotatable bonds is 8. The van der Waals surface area contributed by atoms with Crippen LogP contribution in [0.5, 0.6) is 0 Å². The maximum Gasteiger partial charge on any atom is 0.416 e. The maximum absolute atomic E-state index is 12.7. The zero-order chi connectivity index (χ0) is 23.5. The molecule has 0 spiro atoms. The maximum atomic E-state index is 12.7. The number of aryl methyl sites for hydroxylation is 1. The van der Waals surface area contributed by atoms with E-state index in [9.17, 15) is 26.4 Å². The Morgan fingerprint density at radius 1 is 1.16 bits per heavy atom. The average Bonchev–Trinajstić information content (AvgIpc) is 3.16. The second-order valence-corrected chi connectivity index (χ2v) is 8.74. The first-order valence-electron chi connectivity index (χ1n) is 9.26. The van der Waals surface area contributed by atoms with E-state index in [1.165, 1.54) is 30.3 Å². The number of imidazole rings is 1. The van der Waals surface area contributed by atoms with E-state index in [1.54, 1.807) is 24.1 Å². The molecule has 0 saturated carbocycles. The lowest BCUT2D eigenvalue weighted by atomic mass is 10.1. The summed E-state index contributed by atoms with van der Waals surface area (Å²) < 4.78 is 67.0. The molecule has 0 aliphatic rings. The van der Waals surface area contributed by atoms with Crippen LogP contribution in [-0.2, 0) is 34.6 Å². The van der Waals surface area contributed by atoms with Gasteiger partial charge in [-0.1, -0.05) is 12.1 Å². The molecule has 2 aromatic carbocycles. The average molecular weight is 467 g/mol. The number of carbonyl (C=O) groups is 1. The van der Waals surface area contributed by atoms with Crippen LogP contribution in [0.25, 0.3) is 11.3 Å². The first kappa shape index (κ1) is 23.3. The van der Waals surface area contributed by atoms with Crippen LogP contribution in [-0.4, -0.2) is 30.4 Å². The minimum Gasteiger partial charge on any atom is -0.380 e. The van der Waals surface area contributed by atoms with Gasteiger partial charge in [0.25, 0.3) is 0 Å². The van der Waals surface area contributed by atoms with Crippen molar-refractivity contribution in [3.8, 4) is 11.3 Å². The smallest absolute Gasteiger partial charge is 0.380 e. The van der Waals surface area contributed by atoms with Crippen molar-refractivity contribution in [2.75, 3.05) is 11.9 Å². The zero-order valence-corrected chi connectivity index (χ0v) is 17.7. The van der Waals surface area contributed by atoms with Crippen molar-refractivity contribution in [1.29, 1.82) is 0 Å². The van der Waals surface area contributed by atoms with Crippen LogP contribution >= 0.6 is 0 Å². The van der Waals surface area contributed by atoms with Gasteiger partial charge in [-0.05, 0) is 35.9 Å². The Labute approximate surface area is 182 Å². The molecule has 0 atom stereocenters. The summed E-state index contributed by atoms with van der Waals surface area (Å²) in [6.45, 7) is -0.348. The molecule has 0 radical (unpaired) electrons. The number of hydrogen-bond acceptors (Lipinski definition) is 5. The van der Waals surface area contributed by atoms with Gasteiger partial charge < -0.3 is 15.6 Å². The topological polar surface area (TPSA) is 119 Å². The van der Waals surface area contributed by atoms with E-state index in [0.29, 0.717) is 22.5 Å². The number of nitrogens with zero attached hydrogens (tertiary/aromatic N) is 2. The normalized spacial score (nSPS) is 12.0. The third kappa shape index (κ3) is 5.65. The summed E-state index contributed by atoms with van der Waals surface area (Å²) >= 11 is 0. The van der Waals surface area contributed by atoms with Crippen molar-refractivity contribution < 1.29 is 26.4 Å². The Hall–Kier alpha value is -3.38. The Balaban J connectivity index is 1.89. The second-order valence-electron chi connectivity index (χ2n) is 6.97. The Morgan fingerprint density at radius 3 is 2.41 bits per heavy atom. The van der Waals surface area contributed by atoms with E-state index in [1.807, 2.05) is 0 Å². The monoisotopic (exact) mass is 467 g/mol. The standard InChI is InChI=1S/C20H20F3N5O3S/c1-28-11-18(26-12-28)16-8-15(32(30,31)27-10-19(24)29)6-7-17(16)25-9-13-2-4-14(5-3-13)20(21,22)23/h2-8,11-12,25,27H,9-10H2,1H3,(H2,24,29). The van der Waals surface area contributed by atoms with Crippen LogP contribution in [0.2, 0.25) is 0 Å². The Kier molecular flexibility index (Phi) is 6.55. The van der Waals surface area contributed by atoms with Gasteiger partial charge in [-0.2, -0.15) is 13.2 Å². The molecule has 4 N–H and O–H groups in total. The van der Waals surface area contributed by atoms with Gasteiger partial charge in [0.1, 0.15) is 0 Å². The van der Waals surface area contributed by atoms with Crippen LogP contribution in [0.3, 0.4) is 0 Å². The number of halogens is 3. The van der Waals surface area contributed by atoms with Crippen molar-refractivity contribution in [1.82, 2.24) is 14.3 Å². The van der Waals surface area contributed by atoms with Crippen LogP contribution in [0.1, 0.15) is 11.1 Å². The molecular weight excluding hydrogens is 447 g/mol. The fourth-order valence-corrected chi connectivity index (χ4v) is 3.89. The fourth-order valence-electron chi connectivity index (χ4n) is 2.87. The predicted octanol–water partition coefficient (Wildman–Crippen LogP) is 2.48. The zero-order valence-electron chi connectivity index (χ0n) is 16.8. The first-order chi connectivity index (χ1) is 15.0. The largest absolute Gasteiger partial charge is 0.416 e. The number of nitrogens with two attached hydrogens (primary N) is 1. The Morgan fingerprint density at radius 2 is 1.84 bits per heavy atom. The lowest BCUT2D eigenvalue weighted by molar-refractivity contribution is -0.137. The summed E-state index contributed by atoms with van der Waals surface area (Å²) in [4.78, 5) is 15.1. The predicted molar refractivity (Wildman–Crippen MR) is 112 cm³/mol. The molecule has 8 nitrogen and oxygen atoms in total. The van der Waals surface area contributed by atoms with Crippen molar-refractivity contribution in [3.05, 3.63) is 66.1 Å². The minimum atomic E-state index is -4.41. The van der Waals surface area contributed by atoms with Crippen molar-refractivity contribution >= 4 is 21.6 Å². The molecule has 3 rings (SSSR count). The highest BCUT2D eigenvalue weighted by molar-refractivity contribution is 7.89. The highest BCUT2D eigenvalue weighted by Gasteiger charge is 2.29. The summed E-state index contributed by atoms with van der Waals surface area (Å²) in [7, 11) is -2.25. The molecule has 32 heavy (non-hydrogen) atoms. The molecule has 0 unspecified atom stereocenters. The van der Waals surface area contributed by atoms with Gasteiger partial charge in [-0.15, -0.1) is 0 Å². The molecule has 0 aliphatic heterocycles. The van der Waals surface area contributed by atoms with Crippen LogP contribution < -0.4 is 15.8 Å². The number of aromatic nitrogens is 2. The summed E-state index contributed by atoms with van der Waals surface area (Å²) in [6, 6.07) is 8.97. The SMILES string of the molecule is Cn1cnc(-c2cc(S(=O)(=O)NCC(N)=O)ccc2NCc2ccc(C(F)(F)F)cc2)c1. The quantitative estimate of drug-likeness (QED) is 0.470. The van der Waals surface area contributed by atoms with Crippen LogP contribution in [0.4, 0.5) is 18.9 Å². The van der Waals surface area contributed by atoms with E-state index in [4.69, 9.17) is 5.73 Å². The summed E-state index contributed by atoms with van der Waals surface area (Å²) in [5.41, 5.74) is 6.33. The van der Waals surface area contributed by atoms with Crippen molar-refractivity contribution in [3.63, 3.8) is 0 Å². The molecule has 0 fully saturated rings. The molecule has 3 aromatic rings. The number of alkyl halides is 3. The van der Waals surface area contributed by atoms with Crippen LogP contribution in [0, 0.1) is 0 Å². The molecule has 1 aromatic heterocycles. The highest BCUT2D eigenvalue weighted by Crippen LogP contribution is 2.31. The van der Waals surface area contributed by atoms with Gasteiger partial charge in [0.2, 0.25) is 15.9 Å². The summed E-state index contributed by atoms with van der Waals surface area (Å²) in [6.07, 6.45) is -1.19. The molecular formula is C20H20F3N5O3S. The number of primary amides is 1. The van der Waals surface area contributed by atoms with Gasteiger partial charge in [0.05, 0.1) is 29.0 Å². The van der Waals surface area contributed by atoms with Crippen molar-refractivity contribution in [2.24, 2.45) is 12.8 Å². The molecule has 1 amide bonds. The van der Waals surface area contributed by atoms with E-state index in [0.717, 1.165) is 12.1 Å². The van der Waals surface area contributed by atoms with E-state index < -0.39 is 34.2 Å². The summed E-state index contributed by atoms with van der Waals surface area (Å²) in [5.74, 6) is -0.826. The number of benzene rings is 2. The number of amides is 1. The number of sulfonamides is 1. The number of carbonyl (C=O) groups excluding carboxylic acids is 1. The highest BCUT2D eigenvalue weighted by atomic mass is 32.2. The summed E-state index contributed by atoms with van der Waals surface area (Å²) in [5, 5.41) is 3.10. The molecule has 170 valence electrons.